The second-order valence-corrected chi connectivity index (χ2v) is 5.63. The Balaban J connectivity index is 1.87. The van der Waals surface area contributed by atoms with Crippen LogP contribution in [0, 0.1) is 5.92 Å². The fourth-order valence-electron chi connectivity index (χ4n) is 2.55. The molecule has 0 atom stereocenters. The topological polar surface area (TPSA) is 41.3 Å². The van der Waals surface area contributed by atoms with E-state index in [-0.39, 0.29) is 0 Å². The first-order valence-electron chi connectivity index (χ1n) is 7.07. The molecule has 1 aromatic carbocycles. The van der Waals surface area contributed by atoms with Crippen molar-refractivity contribution in [2.24, 2.45) is 5.92 Å². The Morgan fingerprint density at radius 1 is 1.32 bits per heavy atom. The van der Waals surface area contributed by atoms with Crippen LogP contribution in [0.3, 0.4) is 0 Å². The number of fused-ring (bicyclic) bond motifs is 1. The molecule has 1 fully saturated rings. The average molecular weight is 259 g/mol. The van der Waals surface area contributed by atoms with Crippen molar-refractivity contribution in [2.45, 2.75) is 20.3 Å². The lowest BCUT2D eigenvalue weighted by Crippen LogP contribution is -2.43. The highest BCUT2D eigenvalue weighted by Gasteiger charge is 2.16. The number of benzene rings is 1. The molecule has 4 heteroatoms. The molecule has 1 aliphatic heterocycles. The summed E-state index contributed by atoms with van der Waals surface area (Å²) in [5.41, 5.74) is 3.20. The molecule has 2 heterocycles. The Bertz CT molecular complexity index is 556. The Morgan fingerprint density at radius 3 is 2.84 bits per heavy atom. The quantitative estimate of drug-likeness (QED) is 0.919. The second kappa shape index (κ2) is 5.21. The van der Waals surface area contributed by atoms with Crippen LogP contribution in [0.1, 0.15) is 19.4 Å². The van der Waals surface area contributed by atoms with E-state index in [1.165, 1.54) is 5.56 Å². The van der Waals surface area contributed by atoms with Crippen LogP contribution in [0.2, 0.25) is 0 Å². The molecule has 0 radical (unpaired) electrons. The first kappa shape index (κ1) is 12.5. The van der Waals surface area contributed by atoms with Gasteiger partial charge in [0.1, 0.15) is 5.52 Å². The molecule has 0 unspecified atom stereocenters. The Labute approximate surface area is 113 Å². The summed E-state index contributed by atoms with van der Waals surface area (Å²) in [5.74, 6) is 0.664. The monoisotopic (exact) mass is 259 g/mol. The second-order valence-electron chi connectivity index (χ2n) is 5.63. The minimum atomic E-state index is 0.664. The Morgan fingerprint density at radius 2 is 2.11 bits per heavy atom. The predicted octanol–water partition coefficient (Wildman–Crippen LogP) is 2.44. The molecule has 1 aromatic heterocycles. The van der Waals surface area contributed by atoms with Crippen molar-refractivity contribution in [2.75, 3.05) is 31.1 Å². The van der Waals surface area contributed by atoms with Crippen LogP contribution >= 0.6 is 0 Å². The van der Waals surface area contributed by atoms with E-state index in [0.29, 0.717) is 5.92 Å². The number of anilines is 1. The fourth-order valence-corrected chi connectivity index (χ4v) is 2.55. The number of piperazine rings is 1. The molecule has 1 saturated heterocycles. The minimum absolute atomic E-state index is 0.664. The molecule has 1 N–H and O–H groups in total. The molecule has 0 amide bonds. The van der Waals surface area contributed by atoms with Gasteiger partial charge in [-0.1, -0.05) is 19.9 Å². The van der Waals surface area contributed by atoms with Crippen LogP contribution in [0.25, 0.3) is 11.1 Å². The van der Waals surface area contributed by atoms with Gasteiger partial charge in [0.25, 0.3) is 6.01 Å². The van der Waals surface area contributed by atoms with Crippen LogP contribution in [-0.2, 0) is 6.42 Å². The Hall–Kier alpha value is -1.55. The lowest BCUT2D eigenvalue weighted by molar-refractivity contribution is 0.517. The van der Waals surface area contributed by atoms with Crippen molar-refractivity contribution in [1.82, 2.24) is 10.3 Å². The zero-order valence-corrected chi connectivity index (χ0v) is 11.6. The van der Waals surface area contributed by atoms with E-state index in [9.17, 15) is 0 Å². The predicted molar refractivity (Wildman–Crippen MR) is 77.6 cm³/mol. The zero-order chi connectivity index (χ0) is 13.2. The van der Waals surface area contributed by atoms with Gasteiger partial charge in [-0.15, -0.1) is 0 Å². The SMILES string of the molecule is CC(C)Cc1ccc2oc(N3CCNCC3)nc2c1. The van der Waals surface area contributed by atoms with E-state index in [1.807, 2.05) is 6.07 Å². The lowest BCUT2D eigenvalue weighted by Gasteiger charge is -2.25. The molecule has 1 aliphatic rings. The number of hydrogen-bond donors (Lipinski definition) is 1. The molecular weight excluding hydrogens is 238 g/mol. The molecule has 3 rings (SSSR count). The van der Waals surface area contributed by atoms with Crippen molar-refractivity contribution >= 4 is 17.1 Å². The van der Waals surface area contributed by atoms with Crippen LogP contribution in [0.5, 0.6) is 0 Å². The van der Waals surface area contributed by atoms with E-state index in [4.69, 9.17) is 4.42 Å². The number of aromatic nitrogens is 1. The van der Waals surface area contributed by atoms with Crippen LogP contribution in [-0.4, -0.2) is 31.2 Å². The first-order chi connectivity index (χ1) is 9.22. The number of oxazole rings is 1. The smallest absolute Gasteiger partial charge is 0.298 e. The largest absolute Gasteiger partial charge is 0.423 e. The molecule has 0 spiro atoms. The van der Waals surface area contributed by atoms with Crippen molar-refractivity contribution in [3.8, 4) is 0 Å². The molecular formula is C15H21N3O. The Kier molecular flexibility index (Phi) is 3.42. The van der Waals surface area contributed by atoms with Gasteiger partial charge < -0.3 is 14.6 Å². The summed E-state index contributed by atoms with van der Waals surface area (Å²) in [6.45, 7) is 8.39. The summed E-state index contributed by atoms with van der Waals surface area (Å²) in [6, 6.07) is 7.11. The van der Waals surface area contributed by atoms with E-state index in [1.54, 1.807) is 0 Å². The number of nitrogens with one attached hydrogen (secondary N) is 1. The van der Waals surface area contributed by atoms with Gasteiger partial charge in [-0.05, 0) is 30.0 Å². The van der Waals surface area contributed by atoms with Crippen LogP contribution in [0.4, 0.5) is 6.01 Å². The average Bonchev–Trinajstić information content (AvgIpc) is 2.82. The summed E-state index contributed by atoms with van der Waals surface area (Å²) < 4.78 is 5.85. The van der Waals surface area contributed by atoms with Crippen molar-refractivity contribution in [3.05, 3.63) is 23.8 Å². The highest BCUT2D eigenvalue weighted by atomic mass is 16.4. The van der Waals surface area contributed by atoms with Gasteiger partial charge in [-0.2, -0.15) is 4.98 Å². The first-order valence-corrected chi connectivity index (χ1v) is 7.07. The lowest BCUT2D eigenvalue weighted by atomic mass is 10.0. The third kappa shape index (κ3) is 2.73. The maximum absolute atomic E-state index is 5.85. The standard InChI is InChI=1S/C15H21N3O/c1-11(2)9-12-3-4-14-13(10-12)17-15(19-14)18-7-5-16-6-8-18/h3-4,10-11,16H,5-9H2,1-2H3. The third-order valence-electron chi connectivity index (χ3n) is 3.47. The van der Waals surface area contributed by atoms with Crippen LogP contribution < -0.4 is 10.2 Å². The minimum Gasteiger partial charge on any atom is -0.423 e. The van der Waals surface area contributed by atoms with Gasteiger partial charge in [0.2, 0.25) is 0 Å². The fraction of sp³-hybridized carbons (Fsp3) is 0.533. The van der Waals surface area contributed by atoms with Gasteiger partial charge in [0.15, 0.2) is 5.58 Å². The molecule has 2 aromatic rings. The van der Waals surface area contributed by atoms with Crippen molar-refractivity contribution in [1.29, 1.82) is 0 Å². The summed E-state index contributed by atoms with van der Waals surface area (Å²) in [7, 11) is 0. The van der Waals surface area contributed by atoms with Crippen molar-refractivity contribution < 1.29 is 4.42 Å². The highest BCUT2D eigenvalue weighted by molar-refractivity contribution is 5.75. The van der Waals surface area contributed by atoms with Gasteiger partial charge in [0, 0.05) is 26.2 Å². The maximum atomic E-state index is 5.85. The third-order valence-corrected chi connectivity index (χ3v) is 3.47. The molecule has 0 aliphatic carbocycles. The summed E-state index contributed by atoms with van der Waals surface area (Å²) in [4.78, 5) is 6.84. The van der Waals surface area contributed by atoms with Crippen LogP contribution in [0.15, 0.2) is 22.6 Å². The van der Waals surface area contributed by atoms with Gasteiger partial charge >= 0.3 is 0 Å². The normalized spacial score (nSPS) is 16.5. The number of nitrogens with zero attached hydrogens (tertiary/aromatic N) is 2. The zero-order valence-electron chi connectivity index (χ0n) is 11.6. The summed E-state index contributed by atoms with van der Waals surface area (Å²) in [6.07, 6.45) is 1.09. The van der Waals surface area contributed by atoms with E-state index in [2.05, 4.69) is 41.2 Å². The summed E-state index contributed by atoms with van der Waals surface area (Å²) in [5, 5.41) is 3.34. The number of hydrogen-bond acceptors (Lipinski definition) is 4. The van der Waals surface area contributed by atoms with Gasteiger partial charge in [-0.25, -0.2) is 0 Å². The highest BCUT2D eigenvalue weighted by Crippen LogP contribution is 2.24. The molecule has 4 nitrogen and oxygen atoms in total. The van der Waals surface area contributed by atoms with E-state index in [0.717, 1.165) is 49.7 Å². The van der Waals surface area contributed by atoms with Gasteiger partial charge in [-0.3, -0.25) is 0 Å². The van der Waals surface area contributed by atoms with E-state index < -0.39 is 0 Å². The number of rotatable bonds is 3. The molecule has 0 bridgehead atoms. The maximum Gasteiger partial charge on any atom is 0.298 e. The van der Waals surface area contributed by atoms with Crippen molar-refractivity contribution in [3.63, 3.8) is 0 Å². The molecule has 19 heavy (non-hydrogen) atoms. The molecule has 102 valence electrons. The molecule has 0 saturated carbocycles. The summed E-state index contributed by atoms with van der Waals surface area (Å²) >= 11 is 0. The van der Waals surface area contributed by atoms with Gasteiger partial charge in [0.05, 0.1) is 0 Å². The van der Waals surface area contributed by atoms with E-state index >= 15 is 0 Å².